The number of aliphatic hydroxyl groups is 1. The molecule has 116 valence electrons. The minimum atomic E-state index is -0.390. The summed E-state index contributed by atoms with van der Waals surface area (Å²) in [7, 11) is 0. The second kappa shape index (κ2) is 6.24. The predicted molar refractivity (Wildman–Crippen MR) is 85.0 cm³/mol. The summed E-state index contributed by atoms with van der Waals surface area (Å²) in [6.45, 7) is 8.02. The minimum Gasteiger partial charge on any atom is -0.490 e. The number of nitrogens with zero attached hydrogens (tertiary/aromatic N) is 1. The molecule has 4 nitrogen and oxygen atoms in total. The van der Waals surface area contributed by atoms with E-state index in [1.54, 1.807) is 0 Å². The highest BCUT2D eigenvalue weighted by molar-refractivity contribution is 5.62. The van der Waals surface area contributed by atoms with Gasteiger partial charge in [0, 0.05) is 18.5 Å². The maximum atomic E-state index is 10.7. The first-order valence-electron chi connectivity index (χ1n) is 8.09. The van der Waals surface area contributed by atoms with Crippen LogP contribution in [0.2, 0.25) is 0 Å². The van der Waals surface area contributed by atoms with Gasteiger partial charge in [0.25, 0.3) is 0 Å². The molecule has 2 heterocycles. The molecule has 0 spiro atoms. The fourth-order valence-corrected chi connectivity index (χ4v) is 3.40. The number of hydrogen-bond acceptors (Lipinski definition) is 4. The SMILES string of the molecule is CC(C)N1CCOc2ccc(C(O)C3CCCNC3)cc21. The van der Waals surface area contributed by atoms with E-state index < -0.39 is 0 Å². The standard InChI is InChI=1S/C17H26N2O2/c1-12(2)19-8-9-21-16-6-5-13(10-15(16)19)17(20)14-4-3-7-18-11-14/h5-6,10,12,14,17-18,20H,3-4,7-9,11H2,1-2H3. The van der Waals surface area contributed by atoms with E-state index in [9.17, 15) is 5.11 Å². The molecule has 1 aromatic rings. The van der Waals surface area contributed by atoms with Crippen LogP contribution in [0.4, 0.5) is 5.69 Å². The topological polar surface area (TPSA) is 44.7 Å². The number of aliphatic hydroxyl groups excluding tert-OH is 1. The highest BCUT2D eigenvalue weighted by Crippen LogP contribution is 2.37. The van der Waals surface area contributed by atoms with Crippen molar-refractivity contribution in [2.75, 3.05) is 31.1 Å². The number of piperidine rings is 1. The van der Waals surface area contributed by atoms with Crippen LogP contribution < -0.4 is 15.0 Å². The Morgan fingerprint density at radius 2 is 2.24 bits per heavy atom. The van der Waals surface area contributed by atoms with E-state index in [1.165, 1.54) is 0 Å². The lowest BCUT2D eigenvalue weighted by Crippen LogP contribution is -2.38. The van der Waals surface area contributed by atoms with E-state index in [4.69, 9.17) is 4.74 Å². The number of anilines is 1. The molecule has 2 N–H and O–H groups in total. The van der Waals surface area contributed by atoms with Gasteiger partial charge in [-0.15, -0.1) is 0 Å². The van der Waals surface area contributed by atoms with Crippen LogP contribution in [0.15, 0.2) is 18.2 Å². The zero-order valence-corrected chi connectivity index (χ0v) is 13.0. The monoisotopic (exact) mass is 290 g/mol. The average Bonchev–Trinajstić information content (AvgIpc) is 2.53. The smallest absolute Gasteiger partial charge is 0.142 e. The average molecular weight is 290 g/mol. The molecule has 1 aromatic carbocycles. The van der Waals surface area contributed by atoms with Crippen molar-refractivity contribution in [1.29, 1.82) is 0 Å². The Morgan fingerprint density at radius 3 is 2.95 bits per heavy atom. The molecule has 0 aromatic heterocycles. The molecule has 2 aliphatic rings. The highest BCUT2D eigenvalue weighted by atomic mass is 16.5. The second-order valence-electron chi connectivity index (χ2n) is 6.41. The summed E-state index contributed by atoms with van der Waals surface area (Å²) >= 11 is 0. The van der Waals surface area contributed by atoms with Gasteiger partial charge in [-0.3, -0.25) is 0 Å². The molecule has 21 heavy (non-hydrogen) atoms. The Bertz CT molecular complexity index is 484. The van der Waals surface area contributed by atoms with Gasteiger partial charge in [-0.05, 0) is 50.9 Å². The van der Waals surface area contributed by atoms with E-state index in [-0.39, 0.29) is 6.10 Å². The normalized spacial score (nSPS) is 23.6. The molecule has 4 heteroatoms. The van der Waals surface area contributed by atoms with E-state index in [1.807, 2.05) is 12.1 Å². The lowest BCUT2D eigenvalue weighted by atomic mass is 9.89. The van der Waals surface area contributed by atoms with Gasteiger partial charge < -0.3 is 20.1 Å². The molecule has 1 fully saturated rings. The Hall–Kier alpha value is -1.26. The zero-order valence-electron chi connectivity index (χ0n) is 13.0. The van der Waals surface area contributed by atoms with Gasteiger partial charge in [-0.25, -0.2) is 0 Å². The molecule has 3 rings (SSSR count). The molecule has 2 unspecified atom stereocenters. The van der Waals surface area contributed by atoms with Crippen molar-refractivity contribution in [3.8, 4) is 5.75 Å². The van der Waals surface area contributed by atoms with Gasteiger partial charge in [0.1, 0.15) is 12.4 Å². The lowest BCUT2D eigenvalue weighted by Gasteiger charge is -2.35. The fourth-order valence-electron chi connectivity index (χ4n) is 3.40. The molecular weight excluding hydrogens is 264 g/mol. The molecule has 0 saturated carbocycles. The Balaban J connectivity index is 1.85. The van der Waals surface area contributed by atoms with E-state index >= 15 is 0 Å². The molecule has 0 amide bonds. The first-order chi connectivity index (χ1) is 10.2. The van der Waals surface area contributed by atoms with Crippen molar-refractivity contribution in [2.45, 2.75) is 38.8 Å². The molecular formula is C17H26N2O2. The van der Waals surface area contributed by atoms with Crippen molar-refractivity contribution >= 4 is 5.69 Å². The molecule has 2 aliphatic heterocycles. The summed E-state index contributed by atoms with van der Waals surface area (Å²) in [6.07, 6.45) is 1.85. The van der Waals surface area contributed by atoms with Gasteiger partial charge >= 0.3 is 0 Å². The molecule has 1 saturated heterocycles. The van der Waals surface area contributed by atoms with Crippen LogP contribution in [0.25, 0.3) is 0 Å². The number of fused-ring (bicyclic) bond motifs is 1. The second-order valence-corrected chi connectivity index (χ2v) is 6.41. The van der Waals surface area contributed by atoms with Crippen LogP contribution in [0.1, 0.15) is 38.4 Å². The third-order valence-corrected chi connectivity index (χ3v) is 4.63. The third kappa shape index (κ3) is 3.01. The maximum Gasteiger partial charge on any atom is 0.142 e. The Kier molecular flexibility index (Phi) is 4.36. The fraction of sp³-hybridized carbons (Fsp3) is 0.647. The van der Waals surface area contributed by atoms with Crippen molar-refractivity contribution in [2.24, 2.45) is 5.92 Å². The van der Waals surface area contributed by atoms with Gasteiger partial charge in [-0.2, -0.15) is 0 Å². The number of hydrogen-bond donors (Lipinski definition) is 2. The first-order valence-corrected chi connectivity index (χ1v) is 8.09. The van der Waals surface area contributed by atoms with E-state index in [2.05, 4.69) is 30.1 Å². The van der Waals surface area contributed by atoms with Crippen molar-refractivity contribution < 1.29 is 9.84 Å². The summed E-state index contributed by atoms with van der Waals surface area (Å²) in [5, 5.41) is 14.1. The Labute approximate surface area is 127 Å². The molecule has 0 radical (unpaired) electrons. The largest absolute Gasteiger partial charge is 0.490 e. The maximum absolute atomic E-state index is 10.7. The zero-order chi connectivity index (χ0) is 14.8. The minimum absolute atomic E-state index is 0.314. The van der Waals surface area contributed by atoms with Gasteiger partial charge in [-0.1, -0.05) is 6.07 Å². The lowest BCUT2D eigenvalue weighted by molar-refractivity contribution is 0.0921. The van der Waals surface area contributed by atoms with Crippen LogP contribution in [0, 0.1) is 5.92 Å². The van der Waals surface area contributed by atoms with Crippen LogP contribution in [-0.2, 0) is 0 Å². The summed E-state index contributed by atoms with van der Waals surface area (Å²) in [4.78, 5) is 2.36. The quantitative estimate of drug-likeness (QED) is 0.897. The first kappa shape index (κ1) is 14.7. The van der Waals surface area contributed by atoms with E-state index in [0.717, 1.165) is 56.1 Å². The molecule has 2 atom stereocenters. The van der Waals surface area contributed by atoms with Crippen LogP contribution >= 0.6 is 0 Å². The van der Waals surface area contributed by atoms with Crippen molar-refractivity contribution in [1.82, 2.24) is 5.32 Å². The predicted octanol–water partition coefficient (Wildman–Crippen LogP) is 2.33. The van der Waals surface area contributed by atoms with E-state index in [0.29, 0.717) is 12.0 Å². The highest BCUT2D eigenvalue weighted by Gasteiger charge is 2.26. The molecule has 0 bridgehead atoms. The van der Waals surface area contributed by atoms with Gasteiger partial charge in [0.15, 0.2) is 0 Å². The van der Waals surface area contributed by atoms with Crippen LogP contribution in [0.3, 0.4) is 0 Å². The number of rotatable bonds is 3. The number of nitrogens with one attached hydrogen (secondary N) is 1. The van der Waals surface area contributed by atoms with Gasteiger partial charge in [0.2, 0.25) is 0 Å². The number of ether oxygens (including phenoxy) is 1. The van der Waals surface area contributed by atoms with Crippen molar-refractivity contribution in [3.63, 3.8) is 0 Å². The third-order valence-electron chi connectivity index (χ3n) is 4.63. The Morgan fingerprint density at radius 1 is 1.38 bits per heavy atom. The number of benzene rings is 1. The molecule has 0 aliphatic carbocycles. The van der Waals surface area contributed by atoms with Gasteiger partial charge in [0.05, 0.1) is 18.3 Å². The summed E-state index contributed by atoms with van der Waals surface area (Å²) in [5.74, 6) is 1.25. The van der Waals surface area contributed by atoms with Crippen molar-refractivity contribution in [3.05, 3.63) is 23.8 Å². The summed E-state index contributed by atoms with van der Waals surface area (Å²) < 4.78 is 5.75. The van der Waals surface area contributed by atoms with Crippen LogP contribution in [-0.4, -0.2) is 37.4 Å². The summed E-state index contributed by atoms with van der Waals surface area (Å²) in [6, 6.07) is 6.59. The van der Waals surface area contributed by atoms with Crippen LogP contribution in [0.5, 0.6) is 5.75 Å². The summed E-state index contributed by atoms with van der Waals surface area (Å²) in [5.41, 5.74) is 2.13.